The molecule has 2 saturated carbocycles. The van der Waals surface area contributed by atoms with Gasteiger partial charge in [0.1, 0.15) is 11.5 Å². The first-order valence-corrected chi connectivity index (χ1v) is 7.81. The molecule has 3 heteroatoms. The van der Waals surface area contributed by atoms with Crippen LogP contribution in [0.1, 0.15) is 62.5 Å². The second-order valence-electron chi connectivity index (χ2n) is 6.39. The Labute approximate surface area is 115 Å². The van der Waals surface area contributed by atoms with Crippen LogP contribution in [0.2, 0.25) is 0 Å². The lowest BCUT2D eigenvalue weighted by Crippen LogP contribution is -2.28. The lowest BCUT2D eigenvalue weighted by atomic mass is 10.2. The van der Waals surface area contributed by atoms with E-state index in [9.17, 15) is 0 Å². The van der Waals surface area contributed by atoms with E-state index >= 15 is 0 Å². The molecule has 1 heterocycles. The summed E-state index contributed by atoms with van der Waals surface area (Å²) >= 11 is 0. The molecule has 3 atom stereocenters. The van der Waals surface area contributed by atoms with Crippen LogP contribution < -0.4 is 11.1 Å². The van der Waals surface area contributed by atoms with E-state index in [4.69, 9.17) is 10.2 Å². The van der Waals surface area contributed by atoms with E-state index in [1.165, 1.54) is 32.1 Å². The quantitative estimate of drug-likeness (QED) is 0.707. The smallest absolute Gasteiger partial charge is 0.122 e. The van der Waals surface area contributed by atoms with Crippen molar-refractivity contribution in [3.05, 3.63) is 23.7 Å². The van der Waals surface area contributed by atoms with Gasteiger partial charge in [-0.3, -0.25) is 0 Å². The predicted molar refractivity (Wildman–Crippen MR) is 77.0 cm³/mol. The van der Waals surface area contributed by atoms with Crippen LogP contribution in [0.3, 0.4) is 0 Å². The minimum atomic E-state index is 0.182. The molecule has 106 valence electrons. The molecule has 2 aliphatic carbocycles. The van der Waals surface area contributed by atoms with E-state index in [2.05, 4.69) is 24.4 Å². The molecule has 0 spiro atoms. The number of nitrogens with two attached hydrogens (primary N) is 1. The fourth-order valence-electron chi connectivity index (χ4n) is 2.85. The van der Waals surface area contributed by atoms with Crippen LogP contribution in [0.25, 0.3) is 0 Å². The molecule has 0 bridgehead atoms. The van der Waals surface area contributed by atoms with Crippen LogP contribution >= 0.6 is 0 Å². The molecule has 0 aromatic carbocycles. The number of nitrogens with one attached hydrogen (secondary N) is 1. The average molecular weight is 262 g/mol. The molecule has 19 heavy (non-hydrogen) atoms. The van der Waals surface area contributed by atoms with Gasteiger partial charge in [0.15, 0.2) is 0 Å². The molecule has 0 radical (unpaired) electrons. The number of rotatable bonds is 8. The Morgan fingerprint density at radius 1 is 1.42 bits per heavy atom. The summed E-state index contributed by atoms with van der Waals surface area (Å²) in [7, 11) is 0. The van der Waals surface area contributed by atoms with E-state index < -0.39 is 0 Å². The third kappa shape index (κ3) is 3.40. The van der Waals surface area contributed by atoms with Crippen LogP contribution in [0, 0.1) is 11.8 Å². The lowest BCUT2D eigenvalue weighted by molar-refractivity contribution is 0.390. The highest BCUT2D eigenvalue weighted by molar-refractivity contribution is 5.19. The van der Waals surface area contributed by atoms with Crippen molar-refractivity contribution < 1.29 is 4.42 Å². The van der Waals surface area contributed by atoms with Crippen molar-refractivity contribution >= 4 is 0 Å². The van der Waals surface area contributed by atoms with Crippen molar-refractivity contribution in [2.24, 2.45) is 17.6 Å². The maximum Gasteiger partial charge on any atom is 0.122 e. The number of furan rings is 1. The Balaban J connectivity index is 1.47. The SMILES string of the molecule is CC1CC1c1ccc(C(CN)NCCCC2CC2)o1. The summed E-state index contributed by atoms with van der Waals surface area (Å²) in [6.07, 6.45) is 6.79. The van der Waals surface area contributed by atoms with Gasteiger partial charge in [-0.05, 0) is 49.8 Å². The van der Waals surface area contributed by atoms with Crippen LogP contribution in [0.5, 0.6) is 0 Å². The van der Waals surface area contributed by atoms with Crippen molar-refractivity contribution in [2.45, 2.75) is 51.0 Å². The number of hydrogen-bond donors (Lipinski definition) is 2. The van der Waals surface area contributed by atoms with Gasteiger partial charge in [-0.15, -0.1) is 0 Å². The Morgan fingerprint density at radius 2 is 2.21 bits per heavy atom. The van der Waals surface area contributed by atoms with Gasteiger partial charge in [-0.25, -0.2) is 0 Å². The standard InChI is InChI=1S/C16H26N2O/c1-11-9-13(11)15-6-7-16(19-15)14(10-17)18-8-2-3-12-4-5-12/h6-7,11-14,18H,2-5,8-10,17H2,1H3. The average Bonchev–Trinajstić information content (AvgIpc) is 3.31. The summed E-state index contributed by atoms with van der Waals surface area (Å²) in [6, 6.07) is 4.42. The second kappa shape index (κ2) is 5.68. The van der Waals surface area contributed by atoms with Crippen molar-refractivity contribution in [1.29, 1.82) is 0 Å². The molecular formula is C16H26N2O. The molecule has 3 nitrogen and oxygen atoms in total. The molecule has 0 aliphatic heterocycles. The van der Waals surface area contributed by atoms with Crippen molar-refractivity contribution in [3.63, 3.8) is 0 Å². The first kappa shape index (κ1) is 13.2. The molecule has 0 amide bonds. The highest BCUT2D eigenvalue weighted by Crippen LogP contribution is 2.47. The maximum absolute atomic E-state index is 5.98. The van der Waals surface area contributed by atoms with E-state index in [0.717, 1.165) is 29.9 Å². The topological polar surface area (TPSA) is 51.2 Å². The maximum atomic E-state index is 5.98. The van der Waals surface area contributed by atoms with Gasteiger partial charge in [0, 0.05) is 12.5 Å². The molecule has 0 saturated heterocycles. The van der Waals surface area contributed by atoms with Crippen LogP contribution in [-0.2, 0) is 0 Å². The van der Waals surface area contributed by atoms with Crippen molar-refractivity contribution in [1.82, 2.24) is 5.32 Å². The second-order valence-corrected chi connectivity index (χ2v) is 6.39. The van der Waals surface area contributed by atoms with Gasteiger partial charge in [-0.2, -0.15) is 0 Å². The molecule has 1 aromatic heterocycles. The van der Waals surface area contributed by atoms with Gasteiger partial charge in [0.2, 0.25) is 0 Å². The van der Waals surface area contributed by atoms with E-state index in [0.29, 0.717) is 12.5 Å². The van der Waals surface area contributed by atoms with Crippen LogP contribution in [-0.4, -0.2) is 13.1 Å². The molecular weight excluding hydrogens is 236 g/mol. The monoisotopic (exact) mass is 262 g/mol. The first-order chi connectivity index (χ1) is 9.28. The van der Waals surface area contributed by atoms with Gasteiger partial charge < -0.3 is 15.5 Å². The Kier molecular flexibility index (Phi) is 3.94. The van der Waals surface area contributed by atoms with Crippen LogP contribution in [0.4, 0.5) is 0 Å². The highest BCUT2D eigenvalue weighted by Gasteiger charge is 2.36. The predicted octanol–water partition coefficient (Wildman–Crippen LogP) is 3.18. The third-order valence-corrected chi connectivity index (χ3v) is 4.58. The lowest BCUT2D eigenvalue weighted by Gasteiger charge is -2.14. The van der Waals surface area contributed by atoms with Gasteiger partial charge >= 0.3 is 0 Å². The Bertz CT molecular complexity index is 411. The van der Waals surface area contributed by atoms with E-state index in [1.807, 2.05) is 0 Å². The molecule has 2 aliphatic rings. The summed E-state index contributed by atoms with van der Waals surface area (Å²) in [4.78, 5) is 0. The fourth-order valence-corrected chi connectivity index (χ4v) is 2.85. The first-order valence-electron chi connectivity index (χ1n) is 7.81. The molecule has 2 fully saturated rings. The normalized spacial score (nSPS) is 27.5. The van der Waals surface area contributed by atoms with E-state index in [1.54, 1.807) is 0 Å². The summed E-state index contributed by atoms with van der Waals surface area (Å²) < 4.78 is 5.98. The number of hydrogen-bond acceptors (Lipinski definition) is 3. The Morgan fingerprint density at radius 3 is 2.84 bits per heavy atom. The third-order valence-electron chi connectivity index (χ3n) is 4.58. The zero-order valence-corrected chi connectivity index (χ0v) is 11.9. The highest BCUT2D eigenvalue weighted by atomic mass is 16.3. The summed E-state index contributed by atoms with van der Waals surface area (Å²) in [6.45, 7) is 3.94. The largest absolute Gasteiger partial charge is 0.464 e. The summed E-state index contributed by atoms with van der Waals surface area (Å²) in [5.41, 5.74) is 5.86. The zero-order valence-electron chi connectivity index (χ0n) is 11.9. The minimum absolute atomic E-state index is 0.182. The van der Waals surface area contributed by atoms with Crippen molar-refractivity contribution in [3.8, 4) is 0 Å². The van der Waals surface area contributed by atoms with Crippen LogP contribution in [0.15, 0.2) is 16.5 Å². The summed E-state index contributed by atoms with van der Waals surface area (Å²) in [5.74, 6) is 4.64. The minimum Gasteiger partial charge on any atom is -0.464 e. The zero-order chi connectivity index (χ0) is 13.2. The van der Waals surface area contributed by atoms with E-state index in [-0.39, 0.29) is 6.04 Å². The summed E-state index contributed by atoms with van der Waals surface area (Å²) in [5, 5.41) is 3.53. The fraction of sp³-hybridized carbons (Fsp3) is 0.750. The Hall–Kier alpha value is -0.800. The molecule has 3 N–H and O–H groups in total. The van der Waals surface area contributed by atoms with Gasteiger partial charge in [0.25, 0.3) is 0 Å². The molecule has 3 unspecified atom stereocenters. The molecule has 3 rings (SSSR count). The molecule has 1 aromatic rings. The van der Waals surface area contributed by atoms with Gasteiger partial charge in [-0.1, -0.05) is 19.8 Å². The van der Waals surface area contributed by atoms with Gasteiger partial charge in [0.05, 0.1) is 6.04 Å². The van der Waals surface area contributed by atoms with Crippen molar-refractivity contribution in [2.75, 3.05) is 13.1 Å².